The molecule has 1 heterocycles. The highest BCUT2D eigenvalue weighted by Gasteiger charge is 2.35. The zero-order valence-corrected chi connectivity index (χ0v) is 15.4. The lowest BCUT2D eigenvalue weighted by Gasteiger charge is -2.39. The van der Waals surface area contributed by atoms with E-state index in [4.69, 9.17) is 4.74 Å². The van der Waals surface area contributed by atoms with Gasteiger partial charge in [0.15, 0.2) is 0 Å². The molecule has 0 aliphatic carbocycles. The molecule has 1 aliphatic heterocycles. The van der Waals surface area contributed by atoms with Gasteiger partial charge in [0.1, 0.15) is 0 Å². The minimum Gasteiger partial charge on any atom is -0.381 e. The largest absolute Gasteiger partial charge is 0.381 e. The minimum atomic E-state index is -0.0447. The van der Waals surface area contributed by atoms with Crippen LogP contribution in [-0.2, 0) is 10.2 Å². The fourth-order valence-corrected chi connectivity index (χ4v) is 3.80. The van der Waals surface area contributed by atoms with Crippen molar-refractivity contribution in [3.05, 3.63) is 70.3 Å². The molecule has 0 atom stereocenters. The predicted octanol–water partition coefficient (Wildman–Crippen LogP) is 4.09. The van der Waals surface area contributed by atoms with E-state index in [-0.39, 0.29) is 11.3 Å². The summed E-state index contributed by atoms with van der Waals surface area (Å²) in [6.45, 7) is 8.29. The first-order valence-corrected chi connectivity index (χ1v) is 9.01. The van der Waals surface area contributed by atoms with E-state index < -0.39 is 0 Å². The van der Waals surface area contributed by atoms with Crippen molar-refractivity contribution < 1.29 is 9.53 Å². The van der Waals surface area contributed by atoms with Crippen molar-refractivity contribution in [2.45, 2.75) is 39.0 Å². The fraction of sp³-hybridized carbons (Fsp3) is 0.409. The van der Waals surface area contributed by atoms with Gasteiger partial charge in [-0.3, -0.25) is 4.79 Å². The summed E-state index contributed by atoms with van der Waals surface area (Å²) in [5.41, 5.74) is 5.46. The molecule has 1 aliphatic rings. The quantitative estimate of drug-likeness (QED) is 0.912. The molecular weight excluding hydrogens is 310 g/mol. The lowest BCUT2D eigenvalue weighted by molar-refractivity contribution is 0.0485. The van der Waals surface area contributed by atoms with E-state index in [0.29, 0.717) is 6.54 Å². The van der Waals surface area contributed by atoms with Crippen LogP contribution in [0.3, 0.4) is 0 Å². The summed E-state index contributed by atoms with van der Waals surface area (Å²) in [5.74, 6) is 0.0145. The molecule has 0 bridgehead atoms. The normalized spacial score (nSPS) is 16.4. The van der Waals surface area contributed by atoms with E-state index in [9.17, 15) is 4.79 Å². The van der Waals surface area contributed by atoms with Gasteiger partial charge in [-0.15, -0.1) is 0 Å². The number of ether oxygens (including phenoxy) is 1. The van der Waals surface area contributed by atoms with Gasteiger partial charge in [-0.25, -0.2) is 0 Å². The van der Waals surface area contributed by atoms with Crippen molar-refractivity contribution in [3.8, 4) is 0 Å². The maximum atomic E-state index is 12.8. The Balaban J connectivity index is 1.83. The number of nitrogens with one attached hydrogen (secondary N) is 1. The molecule has 0 radical (unpaired) electrons. The Hall–Kier alpha value is -2.13. The van der Waals surface area contributed by atoms with Gasteiger partial charge in [-0.05, 0) is 56.4 Å². The van der Waals surface area contributed by atoms with Gasteiger partial charge >= 0.3 is 0 Å². The number of rotatable bonds is 4. The highest BCUT2D eigenvalue weighted by atomic mass is 16.5. The summed E-state index contributed by atoms with van der Waals surface area (Å²) in [6.07, 6.45) is 1.87. The van der Waals surface area contributed by atoms with Crippen LogP contribution in [0.25, 0.3) is 0 Å². The fourth-order valence-electron chi connectivity index (χ4n) is 3.80. The number of aryl methyl sites for hydroxylation is 3. The van der Waals surface area contributed by atoms with Crippen LogP contribution in [0.1, 0.15) is 45.5 Å². The highest BCUT2D eigenvalue weighted by molar-refractivity contribution is 5.95. The number of carbonyl (C=O) groups excluding carboxylic acids is 1. The molecule has 0 unspecified atom stereocenters. The molecule has 2 aromatic carbocycles. The second kappa shape index (κ2) is 7.40. The van der Waals surface area contributed by atoms with E-state index in [1.165, 1.54) is 11.1 Å². The molecule has 0 aromatic heterocycles. The van der Waals surface area contributed by atoms with Crippen LogP contribution in [0.15, 0.2) is 42.5 Å². The van der Waals surface area contributed by atoms with Gasteiger partial charge in [0.25, 0.3) is 5.91 Å². The first-order valence-electron chi connectivity index (χ1n) is 9.01. The van der Waals surface area contributed by atoms with E-state index in [0.717, 1.165) is 42.7 Å². The van der Waals surface area contributed by atoms with Gasteiger partial charge in [0, 0.05) is 30.7 Å². The Kier molecular flexibility index (Phi) is 5.24. The summed E-state index contributed by atoms with van der Waals surface area (Å²) in [6, 6.07) is 14.5. The van der Waals surface area contributed by atoms with Crippen molar-refractivity contribution in [2.24, 2.45) is 0 Å². The molecule has 2 aromatic rings. The molecule has 0 spiro atoms. The number of amides is 1. The number of hydrogen-bond donors (Lipinski definition) is 1. The smallest absolute Gasteiger partial charge is 0.251 e. The Morgan fingerprint density at radius 1 is 1.04 bits per heavy atom. The van der Waals surface area contributed by atoms with Gasteiger partial charge in [0.2, 0.25) is 0 Å². The zero-order valence-electron chi connectivity index (χ0n) is 15.4. The minimum absolute atomic E-state index is 0.0145. The molecule has 1 N–H and O–H groups in total. The Labute approximate surface area is 150 Å². The van der Waals surface area contributed by atoms with E-state index in [2.05, 4.69) is 36.5 Å². The number of carbonyl (C=O) groups is 1. The van der Waals surface area contributed by atoms with Crippen molar-refractivity contribution in [1.29, 1.82) is 0 Å². The molecular formula is C22H27NO2. The van der Waals surface area contributed by atoms with Gasteiger partial charge in [-0.2, -0.15) is 0 Å². The van der Waals surface area contributed by atoms with Crippen molar-refractivity contribution in [3.63, 3.8) is 0 Å². The van der Waals surface area contributed by atoms with Crippen LogP contribution < -0.4 is 5.32 Å². The molecule has 1 fully saturated rings. The summed E-state index contributed by atoms with van der Waals surface area (Å²) >= 11 is 0. The van der Waals surface area contributed by atoms with Crippen molar-refractivity contribution in [1.82, 2.24) is 5.32 Å². The summed E-state index contributed by atoms with van der Waals surface area (Å²) < 4.78 is 5.60. The monoisotopic (exact) mass is 337 g/mol. The van der Waals surface area contributed by atoms with Gasteiger partial charge < -0.3 is 10.1 Å². The van der Waals surface area contributed by atoms with Crippen LogP contribution in [0.5, 0.6) is 0 Å². The Morgan fingerprint density at radius 3 is 2.48 bits per heavy atom. The zero-order chi connectivity index (χ0) is 17.9. The third kappa shape index (κ3) is 3.77. The van der Waals surface area contributed by atoms with Crippen LogP contribution in [0, 0.1) is 20.8 Å². The molecule has 3 rings (SSSR count). The average Bonchev–Trinajstić information content (AvgIpc) is 2.63. The molecule has 1 saturated heterocycles. The SMILES string of the molecule is Cc1ccc(C)c(C(=O)NCC2(c3ccccc3C)CCOCC2)c1. The first kappa shape index (κ1) is 17.7. The number of hydrogen-bond acceptors (Lipinski definition) is 2. The highest BCUT2D eigenvalue weighted by Crippen LogP contribution is 2.36. The van der Waals surface area contributed by atoms with Crippen LogP contribution in [-0.4, -0.2) is 25.7 Å². The number of benzene rings is 2. The third-order valence-electron chi connectivity index (χ3n) is 5.39. The predicted molar refractivity (Wildman–Crippen MR) is 101 cm³/mol. The summed E-state index contributed by atoms with van der Waals surface area (Å²) in [7, 11) is 0. The van der Waals surface area contributed by atoms with E-state index >= 15 is 0 Å². The maximum absolute atomic E-state index is 12.8. The van der Waals surface area contributed by atoms with Crippen molar-refractivity contribution >= 4 is 5.91 Å². The van der Waals surface area contributed by atoms with E-state index in [1.54, 1.807) is 0 Å². The molecule has 0 saturated carbocycles. The van der Waals surface area contributed by atoms with Crippen LogP contribution >= 0.6 is 0 Å². The maximum Gasteiger partial charge on any atom is 0.251 e. The second-order valence-corrected chi connectivity index (χ2v) is 7.21. The molecule has 3 nitrogen and oxygen atoms in total. The first-order chi connectivity index (χ1) is 12.0. The average molecular weight is 337 g/mol. The second-order valence-electron chi connectivity index (χ2n) is 7.21. The standard InChI is InChI=1S/C22H27NO2/c1-16-8-9-17(2)19(14-16)21(24)23-15-22(10-12-25-13-11-22)20-7-5-4-6-18(20)3/h4-9,14H,10-13,15H2,1-3H3,(H,23,24). The van der Waals surface area contributed by atoms with E-state index in [1.807, 2.05) is 32.0 Å². The van der Waals surface area contributed by atoms with Crippen LogP contribution in [0.2, 0.25) is 0 Å². The molecule has 25 heavy (non-hydrogen) atoms. The summed E-state index contributed by atoms with van der Waals surface area (Å²) in [4.78, 5) is 12.8. The topological polar surface area (TPSA) is 38.3 Å². The third-order valence-corrected chi connectivity index (χ3v) is 5.39. The van der Waals surface area contributed by atoms with Gasteiger partial charge in [0.05, 0.1) is 0 Å². The van der Waals surface area contributed by atoms with Crippen LogP contribution in [0.4, 0.5) is 0 Å². The summed E-state index contributed by atoms with van der Waals surface area (Å²) in [5, 5.41) is 3.21. The van der Waals surface area contributed by atoms with Crippen molar-refractivity contribution in [2.75, 3.05) is 19.8 Å². The molecule has 3 heteroatoms. The van der Waals surface area contributed by atoms with Gasteiger partial charge in [-0.1, -0.05) is 42.0 Å². The Bertz CT molecular complexity index is 760. The Morgan fingerprint density at radius 2 is 1.76 bits per heavy atom. The lowest BCUT2D eigenvalue weighted by atomic mass is 9.72. The molecule has 1 amide bonds. The molecule has 132 valence electrons. The lowest BCUT2D eigenvalue weighted by Crippen LogP contribution is -2.45.